The van der Waals surface area contributed by atoms with Gasteiger partial charge in [-0.05, 0) is 37.8 Å². The van der Waals surface area contributed by atoms with Crippen molar-refractivity contribution in [1.82, 2.24) is 14.5 Å². The molecule has 2 aromatic heterocycles. The van der Waals surface area contributed by atoms with E-state index >= 15 is 0 Å². The topological polar surface area (TPSA) is 89.3 Å². The van der Waals surface area contributed by atoms with E-state index in [-0.39, 0.29) is 17.2 Å². The fraction of sp³-hybridized carbons (Fsp3) is 0.455. The summed E-state index contributed by atoms with van der Waals surface area (Å²) in [5.41, 5.74) is 1.06. The van der Waals surface area contributed by atoms with Crippen molar-refractivity contribution < 1.29 is 9.53 Å². The Kier molecular flexibility index (Phi) is 7.31. The maximum absolute atomic E-state index is 13.2. The van der Waals surface area contributed by atoms with E-state index in [0.29, 0.717) is 33.5 Å². The molecule has 0 atom stereocenters. The number of thioether (sulfide) groups is 1. The third-order valence-corrected chi connectivity index (χ3v) is 7.30. The van der Waals surface area contributed by atoms with E-state index in [0.717, 1.165) is 37.5 Å². The van der Waals surface area contributed by atoms with Crippen LogP contribution in [0.1, 0.15) is 32.6 Å². The fourth-order valence-corrected chi connectivity index (χ4v) is 5.48. The molecule has 0 aliphatic carbocycles. The molecule has 0 bridgehead atoms. The maximum Gasteiger partial charge on any atom is 0.273 e. The summed E-state index contributed by atoms with van der Waals surface area (Å²) in [4.78, 5) is 37.3. The van der Waals surface area contributed by atoms with Gasteiger partial charge >= 0.3 is 0 Å². The maximum atomic E-state index is 13.2. The highest BCUT2D eigenvalue weighted by molar-refractivity contribution is 7.99. The van der Waals surface area contributed by atoms with Crippen molar-refractivity contribution in [2.45, 2.75) is 44.3 Å². The summed E-state index contributed by atoms with van der Waals surface area (Å²) in [6.45, 7) is 4.51. The van der Waals surface area contributed by atoms with E-state index in [1.807, 2.05) is 19.1 Å². The smallest absolute Gasteiger partial charge is 0.273 e. The van der Waals surface area contributed by atoms with E-state index in [2.05, 4.69) is 20.2 Å². The minimum atomic E-state index is -0.173. The number of benzene rings is 1. The molecule has 1 N–H and O–H groups in total. The van der Waals surface area contributed by atoms with Gasteiger partial charge in [-0.3, -0.25) is 14.2 Å². The number of hydrogen-bond acceptors (Lipinski definition) is 8. The predicted molar refractivity (Wildman–Crippen MR) is 130 cm³/mol. The second-order valence-corrected chi connectivity index (χ2v) is 9.54. The van der Waals surface area contributed by atoms with Crippen LogP contribution in [-0.2, 0) is 11.3 Å². The molecule has 0 unspecified atom stereocenters. The first-order valence-electron chi connectivity index (χ1n) is 10.8. The first-order chi connectivity index (χ1) is 15.6. The van der Waals surface area contributed by atoms with Crippen molar-refractivity contribution >= 4 is 50.2 Å². The zero-order valence-corrected chi connectivity index (χ0v) is 19.9. The molecular weight excluding hydrogens is 446 g/mol. The molecule has 4 rings (SSSR count). The molecule has 1 aliphatic heterocycles. The van der Waals surface area contributed by atoms with Crippen LogP contribution in [0, 0.1) is 0 Å². The lowest BCUT2D eigenvalue weighted by atomic mass is 10.1. The third-order valence-electron chi connectivity index (χ3n) is 5.23. The van der Waals surface area contributed by atoms with Crippen LogP contribution < -0.4 is 20.5 Å². The van der Waals surface area contributed by atoms with Crippen LogP contribution in [0.3, 0.4) is 0 Å². The van der Waals surface area contributed by atoms with Gasteiger partial charge in [-0.2, -0.15) is 4.98 Å². The van der Waals surface area contributed by atoms with Crippen molar-refractivity contribution in [1.29, 1.82) is 0 Å². The monoisotopic (exact) mass is 473 g/mol. The average Bonchev–Trinajstić information content (AvgIpc) is 3.25. The van der Waals surface area contributed by atoms with Gasteiger partial charge in [0.2, 0.25) is 5.91 Å². The van der Waals surface area contributed by atoms with Crippen LogP contribution in [0.5, 0.6) is 5.75 Å². The quantitative estimate of drug-likeness (QED) is 0.391. The second kappa shape index (κ2) is 10.4. The number of aromatic nitrogens is 3. The molecule has 0 spiro atoms. The Balaban J connectivity index is 1.54. The molecule has 3 heterocycles. The minimum Gasteiger partial charge on any atom is -0.497 e. The van der Waals surface area contributed by atoms with Crippen LogP contribution in [-0.4, -0.2) is 46.4 Å². The van der Waals surface area contributed by atoms with Gasteiger partial charge in [0, 0.05) is 31.4 Å². The van der Waals surface area contributed by atoms with Crippen molar-refractivity contribution in [3.05, 3.63) is 34.6 Å². The van der Waals surface area contributed by atoms with Crippen LogP contribution >= 0.6 is 23.1 Å². The largest absolute Gasteiger partial charge is 0.497 e. The van der Waals surface area contributed by atoms with Crippen LogP contribution in [0.2, 0.25) is 0 Å². The summed E-state index contributed by atoms with van der Waals surface area (Å²) in [5.74, 6) is 0.641. The normalized spacial score (nSPS) is 14.0. The lowest BCUT2D eigenvalue weighted by Gasteiger charge is -2.25. The number of thiazole rings is 1. The number of fused-ring (bicyclic) bond motifs is 1. The third kappa shape index (κ3) is 5.07. The number of rotatable bonds is 8. The number of nitrogens with zero attached hydrogens (tertiary/aromatic N) is 4. The van der Waals surface area contributed by atoms with E-state index in [1.165, 1.54) is 29.5 Å². The number of amides is 1. The highest BCUT2D eigenvalue weighted by Crippen LogP contribution is 2.29. The molecule has 32 heavy (non-hydrogen) atoms. The number of ether oxygens (including phenoxy) is 1. The van der Waals surface area contributed by atoms with E-state index in [9.17, 15) is 9.59 Å². The van der Waals surface area contributed by atoms with Crippen LogP contribution in [0.25, 0.3) is 10.3 Å². The molecule has 0 radical (unpaired) electrons. The first-order valence-corrected chi connectivity index (χ1v) is 12.6. The summed E-state index contributed by atoms with van der Waals surface area (Å²) < 4.78 is 7.45. The Bertz CT molecular complexity index is 1150. The van der Waals surface area contributed by atoms with Gasteiger partial charge in [0.1, 0.15) is 10.4 Å². The fourth-order valence-electron chi connectivity index (χ4n) is 3.66. The predicted octanol–water partition coefficient (Wildman–Crippen LogP) is 3.99. The lowest BCUT2D eigenvalue weighted by Crippen LogP contribution is -2.29. The number of carbonyl (C=O) groups excluding carboxylic acids is 1. The van der Waals surface area contributed by atoms with Crippen molar-refractivity contribution in [3.63, 3.8) is 0 Å². The van der Waals surface area contributed by atoms with Gasteiger partial charge in [-0.15, -0.1) is 0 Å². The van der Waals surface area contributed by atoms with Gasteiger partial charge in [-0.1, -0.05) is 36.1 Å². The van der Waals surface area contributed by atoms with E-state index in [1.54, 1.807) is 23.8 Å². The van der Waals surface area contributed by atoms with Gasteiger partial charge in [0.05, 0.1) is 12.9 Å². The molecule has 3 aromatic rings. The standard InChI is InChI=1S/C22H27N5O3S2/c1-3-10-27-20(29)18-19(24-21(32-18)26-11-5-4-6-12-26)25-22(27)31-14-17(28)23-15-8-7-9-16(13-15)30-2/h7-9,13H,3-6,10-12,14H2,1-2H3,(H,23,28). The highest BCUT2D eigenvalue weighted by Gasteiger charge is 2.20. The molecule has 1 amide bonds. The molecule has 10 heteroatoms. The molecule has 0 saturated carbocycles. The van der Waals surface area contributed by atoms with Crippen LogP contribution in [0.4, 0.5) is 10.8 Å². The Hall–Kier alpha value is -2.59. The average molecular weight is 474 g/mol. The van der Waals surface area contributed by atoms with Crippen LogP contribution in [0.15, 0.2) is 34.2 Å². The molecule has 1 saturated heterocycles. The van der Waals surface area contributed by atoms with Crippen molar-refractivity contribution in [2.24, 2.45) is 0 Å². The molecule has 1 aliphatic rings. The van der Waals surface area contributed by atoms with Gasteiger partial charge < -0.3 is 15.0 Å². The number of carbonyl (C=O) groups is 1. The zero-order valence-electron chi connectivity index (χ0n) is 18.3. The van der Waals surface area contributed by atoms with Gasteiger partial charge in [0.25, 0.3) is 5.56 Å². The highest BCUT2D eigenvalue weighted by atomic mass is 32.2. The van der Waals surface area contributed by atoms with Gasteiger partial charge in [0.15, 0.2) is 15.9 Å². The summed E-state index contributed by atoms with van der Waals surface area (Å²) in [6, 6.07) is 7.20. The summed E-state index contributed by atoms with van der Waals surface area (Å²) in [7, 11) is 1.58. The Labute approximate surface area is 195 Å². The summed E-state index contributed by atoms with van der Waals surface area (Å²) in [6.07, 6.45) is 4.33. The SMILES string of the molecule is CCCn1c(SCC(=O)Nc2cccc(OC)c2)nc2nc(N3CCCCC3)sc2c1=O. The molecular formula is C22H27N5O3S2. The number of methoxy groups -OCH3 is 1. The zero-order chi connectivity index (χ0) is 22.5. The Morgan fingerprint density at radius 2 is 2.06 bits per heavy atom. The molecule has 170 valence electrons. The first kappa shape index (κ1) is 22.6. The summed E-state index contributed by atoms with van der Waals surface area (Å²) in [5, 5.41) is 4.26. The van der Waals surface area contributed by atoms with Gasteiger partial charge in [-0.25, -0.2) is 4.98 Å². The lowest BCUT2D eigenvalue weighted by molar-refractivity contribution is -0.113. The van der Waals surface area contributed by atoms with E-state index < -0.39 is 0 Å². The second-order valence-electron chi connectivity index (χ2n) is 7.62. The number of hydrogen-bond donors (Lipinski definition) is 1. The molecule has 1 fully saturated rings. The number of piperidine rings is 1. The Morgan fingerprint density at radius 1 is 1.25 bits per heavy atom. The molecule has 8 nitrogen and oxygen atoms in total. The summed E-state index contributed by atoms with van der Waals surface area (Å²) >= 11 is 2.69. The minimum absolute atomic E-state index is 0.0756. The van der Waals surface area contributed by atoms with E-state index in [4.69, 9.17) is 4.74 Å². The Morgan fingerprint density at radius 3 is 2.81 bits per heavy atom. The van der Waals surface area contributed by atoms with Crippen molar-refractivity contribution in [2.75, 3.05) is 36.2 Å². The van der Waals surface area contributed by atoms with Crippen molar-refractivity contribution in [3.8, 4) is 5.75 Å². The molecule has 1 aromatic carbocycles. The number of anilines is 2. The number of nitrogens with one attached hydrogen (secondary N) is 1.